The van der Waals surface area contributed by atoms with E-state index in [9.17, 15) is 0 Å². The number of benzene rings is 2. The summed E-state index contributed by atoms with van der Waals surface area (Å²) in [6.07, 6.45) is 0. The summed E-state index contributed by atoms with van der Waals surface area (Å²) >= 11 is 0. The first-order valence-electron chi connectivity index (χ1n) is 7.42. The average Bonchev–Trinajstić information content (AvgIpc) is 2.42. The van der Waals surface area contributed by atoms with Gasteiger partial charge < -0.3 is 10.1 Å². The van der Waals surface area contributed by atoms with Crippen molar-refractivity contribution in [3.8, 4) is 5.75 Å². The van der Waals surface area contributed by atoms with Gasteiger partial charge in [0.2, 0.25) is 0 Å². The van der Waals surface area contributed by atoms with Crippen LogP contribution >= 0.6 is 0 Å². The van der Waals surface area contributed by atoms with Crippen molar-refractivity contribution in [3.05, 3.63) is 58.1 Å². The molecule has 0 bridgehead atoms. The van der Waals surface area contributed by atoms with Gasteiger partial charge in [0, 0.05) is 17.3 Å². The van der Waals surface area contributed by atoms with Crippen LogP contribution in [0.3, 0.4) is 0 Å². The lowest BCUT2D eigenvalue weighted by Crippen LogP contribution is -2.10. The Labute approximate surface area is 128 Å². The van der Waals surface area contributed by atoms with Crippen molar-refractivity contribution in [3.63, 3.8) is 0 Å². The SMILES string of the molecule is COc1c(C)ccc(NC(C)c2ccc(C)cc2C)c1C. The highest BCUT2D eigenvalue weighted by atomic mass is 16.5. The Morgan fingerprint density at radius 3 is 2.29 bits per heavy atom. The molecule has 0 saturated carbocycles. The molecule has 1 N–H and O–H groups in total. The van der Waals surface area contributed by atoms with E-state index in [0.29, 0.717) is 0 Å². The van der Waals surface area contributed by atoms with Gasteiger partial charge in [0.15, 0.2) is 0 Å². The third kappa shape index (κ3) is 3.21. The summed E-state index contributed by atoms with van der Waals surface area (Å²) in [6, 6.07) is 11.1. The van der Waals surface area contributed by atoms with Crippen molar-refractivity contribution in [2.45, 2.75) is 40.7 Å². The molecule has 0 aliphatic rings. The fraction of sp³-hybridized carbons (Fsp3) is 0.368. The molecule has 0 spiro atoms. The molecule has 1 unspecified atom stereocenters. The molecule has 2 heteroatoms. The smallest absolute Gasteiger partial charge is 0.126 e. The van der Waals surface area contributed by atoms with Crippen LogP contribution in [-0.4, -0.2) is 7.11 Å². The molecule has 2 aromatic carbocycles. The van der Waals surface area contributed by atoms with Crippen LogP contribution in [0.15, 0.2) is 30.3 Å². The molecule has 21 heavy (non-hydrogen) atoms. The fourth-order valence-electron chi connectivity index (χ4n) is 2.92. The van der Waals surface area contributed by atoms with Crippen molar-refractivity contribution in [2.24, 2.45) is 0 Å². The molecule has 0 saturated heterocycles. The molecule has 1 atom stereocenters. The Balaban J connectivity index is 2.29. The third-order valence-electron chi connectivity index (χ3n) is 4.07. The molecule has 2 nitrogen and oxygen atoms in total. The summed E-state index contributed by atoms with van der Waals surface area (Å²) in [6.45, 7) is 10.7. The van der Waals surface area contributed by atoms with Gasteiger partial charge in [-0.05, 0) is 57.4 Å². The molecule has 2 aromatic rings. The number of aryl methyl sites for hydroxylation is 3. The van der Waals surface area contributed by atoms with E-state index in [4.69, 9.17) is 4.74 Å². The predicted octanol–water partition coefficient (Wildman–Crippen LogP) is 5.10. The Kier molecular flexibility index (Phi) is 4.56. The van der Waals surface area contributed by atoms with Gasteiger partial charge >= 0.3 is 0 Å². The number of hydrogen-bond acceptors (Lipinski definition) is 2. The van der Waals surface area contributed by atoms with Gasteiger partial charge in [0.25, 0.3) is 0 Å². The molecule has 0 aliphatic heterocycles. The minimum Gasteiger partial charge on any atom is -0.496 e. The highest BCUT2D eigenvalue weighted by Gasteiger charge is 2.12. The second-order valence-corrected chi connectivity index (χ2v) is 5.81. The number of ether oxygens (including phenoxy) is 1. The lowest BCUT2D eigenvalue weighted by molar-refractivity contribution is 0.409. The van der Waals surface area contributed by atoms with Crippen molar-refractivity contribution in [2.75, 3.05) is 12.4 Å². The van der Waals surface area contributed by atoms with E-state index in [2.05, 4.69) is 70.3 Å². The summed E-state index contributed by atoms with van der Waals surface area (Å²) in [4.78, 5) is 0. The van der Waals surface area contributed by atoms with Crippen LogP contribution in [-0.2, 0) is 0 Å². The largest absolute Gasteiger partial charge is 0.496 e. The van der Waals surface area contributed by atoms with Gasteiger partial charge in [-0.15, -0.1) is 0 Å². The second-order valence-electron chi connectivity index (χ2n) is 5.81. The van der Waals surface area contributed by atoms with E-state index < -0.39 is 0 Å². The predicted molar refractivity (Wildman–Crippen MR) is 90.4 cm³/mol. The van der Waals surface area contributed by atoms with Crippen LogP contribution in [0.25, 0.3) is 0 Å². The van der Waals surface area contributed by atoms with E-state index in [-0.39, 0.29) is 6.04 Å². The monoisotopic (exact) mass is 283 g/mol. The lowest BCUT2D eigenvalue weighted by atomic mass is 9.99. The molecule has 2 rings (SSSR count). The Bertz CT molecular complexity index is 646. The molecule has 112 valence electrons. The number of hydrogen-bond donors (Lipinski definition) is 1. The maximum atomic E-state index is 5.50. The maximum absolute atomic E-state index is 5.50. The zero-order valence-corrected chi connectivity index (χ0v) is 13.9. The Morgan fingerprint density at radius 1 is 0.952 bits per heavy atom. The molecule has 0 aliphatic carbocycles. The topological polar surface area (TPSA) is 21.3 Å². The van der Waals surface area contributed by atoms with Crippen molar-refractivity contribution in [1.82, 2.24) is 0 Å². The summed E-state index contributed by atoms with van der Waals surface area (Å²) in [7, 11) is 1.73. The van der Waals surface area contributed by atoms with Crippen molar-refractivity contribution >= 4 is 5.69 Å². The molecular weight excluding hydrogens is 258 g/mol. The molecule has 0 aromatic heterocycles. The summed E-state index contributed by atoms with van der Waals surface area (Å²) in [5, 5.41) is 3.61. The van der Waals surface area contributed by atoms with E-state index in [0.717, 1.165) is 17.0 Å². The van der Waals surface area contributed by atoms with Crippen LogP contribution in [0.4, 0.5) is 5.69 Å². The minimum absolute atomic E-state index is 0.261. The maximum Gasteiger partial charge on any atom is 0.126 e. The molecule has 0 fully saturated rings. The summed E-state index contributed by atoms with van der Waals surface area (Å²) in [5.74, 6) is 0.966. The average molecular weight is 283 g/mol. The number of nitrogens with one attached hydrogen (secondary N) is 1. The standard InChI is InChI=1S/C19H25NO/c1-12-7-9-17(14(3)11-12)16(5)20-18-10-8-13(2)19(21-6)15(18)4/h7-11,16,20H,1-6H3. The van der Waals surface area contributed by atoms with E-state index in [1.807, 2.05) is 0 Å². The highest BCUT2D eigenvalue weighted by molar-refractivity contribution is 5.60. The third-order valence-corrected chi connectivity index (χ3v) is 4.07. The Morgan fingerprint density at radius 2 is 1.67 bits per heavy atom. The Hall–Kier alpha value is -1.96. The van der Waals surface area contributed by atoms with Crippen molar-refractivity contribution < 1.29 is 4.74 Å². The van der Waals surface area contributed by atoms with Crippen LogP contribution in [0.2, 0.25) is 0 Å². The van der Waals surface area contributed by atoms with Crippen LogP contribution in [0.1, 0.15) is 40.8 Å². The number of methoxy groups -OCH3 is 1. The van der Waals surface area contributed by atoms with E-state index in [1.54, 1.807) is 7.11 Å². The van der Waals surface area contributed by atoms with Gasteiger partial charge in [0.05, 0.1) is 7.11 Å². The number of anilines is 1. The fourth-order valence-corrected chi connectivity index (χ4v) is 2.92. The van der Waals surface area contributed by atoms with Crippen LogP contribution in [0, 0.1) is 27.7 Å². The molecule has 0 amide bonds. The quantitative estimate of drug-likeness (QED) is 0.842. The minimum atomic E-state index is 0.261. The van der Waals surface area contributed by atoms with Crippen LogP contribution in [0.5, 0.6) is 5.75 Å². The van der Waals surface area contributed by atoms with Gasteiger partial charge in [-0.3, -0.25) is 0 Å². The van der Waals surface area contributed by atoms with Gasteiger partial charge in [-0.1, -0.05) is 29.8 Å². The van der Waals surface area contributed by atoms with Crippen LogP contribution < -0.4 is 10.1 Å². The van der Waals surface area contributed by atoms with Gasteiger partial charge in [0.1, 0.15) is 5.75 Å². The zero-order chi connectivity index (χ0) is 15.6. The second kappa shape index (κ2) is 6.21. The number of rotatable bonds is 4. The highest BCUT2D eigenvalue weighted by Crippen LogP contribution is 2.32. The molecule has 0 radical (unpaired) electrons. The normalized spacial score (nSPS) is 12.1. The van der Waals surface area contributed by atoms with Gasteiger partial charge in [-0.2, -0.15) is 0 Å². The molecule has 0 heterocycles. The first kappa shape index (κ1) is 15.4. The molecular formula is C19H25NO. The van der Waals surface area contributed by atoms with Gasteiger partial charge in [-0.25, -0.2) is 0 Å². The first-order chi connectivity index (χ1) is 9.93. The lowest BCUT2D eigenvalue weighted by Gasteiger charge is -2.21. The summed E-state index contributed by atoms with van der Waals surface area (Å²) in [5.41, 5.74) is 7.42. The van der Waals surface area contributed by atoms with E-state index >= 15 is 0 Å². The first-order valence-corrected chi connectivity index (χ1v) is 7.42. The zero-order valence-electron chi connectivity index (χ0n) is 13.9. The van der Waals surface area contributed by atoms with E-state index in [1.165, 1.54) is 22.3 Å². The van der Waals surface area contributed by atoms with Crippen molar-refractivity contribution in [1.29, 1.82) is 0 Å². The summed E-state index contributed by atoms with van der Waals surface area (Å²) < 4.78 is 5.50.